The van der Waals surface area contributed by atoms with Crippen LogP contribution in [0.3, 0.4) is 0 Å². The number of hydrogen-bond acceptors (Lipinski definition) is 5. The molecule has 5 nitrogen and oxygen atoms in total. The Morgan fingerprint density at radius 1 is 0.591 bits per heavy atom. The fourth-order valence-electron chi connectivity index (χ4n) is 5.89. The molecule has 1 aliphatic rings. The number of nitrogens with one attached hydrogen (secondary N) is 1. The molecule has 1 atom stereocenters. The van der Waals surface area contributed by atoms with E-state index in [1.807, 2.05) is 60.7 Å². The highest BCUT2D eigenvalue weighted by Gasteiger charge is 2.25. The molecule has 1 aliphatic heterocycles. The Balaban J connectivity index is 1.34. The number of para-hydroxylation sites is 3. The van der Waals surface area contributed by atoms with Crippen molar-refractivity contribution in [3.05, 3.63) is 174 Å². The van der Waals surface area contributed by atoms with E-state index < -0.39 is 0 Å². The third-order valence-corrected chi connectivity index (χ3v) is 7.92. The van der Waals surface area contributed by atoms with Gasteiger partial charge in [0.25, 0.3) is 0 Å². The van der Waals surface area contributed by atoms with Gasteiger partial charge in [0, 0.05) is 33.3 Å². The van der Waals surface area contributed by atoms with E-state index in [1.165, 1.54) is 0 Å². The van der Waals surface area contributed by atoms with Crippen LogP contribution < -0.4 is 10.2 Å². The summed E-state index contributed by atoms with van der Waals surface area (Å²) in [4.78, 5) is 12.5. The lowest BCUT2D eigenvalue weighted by Gasteiger charge is -2.25. The van der Waals surface area contributed by atoms with Gasteiger partial charge in [0.05, 0.1) is 5.69 Å². The fourth-order valence-corrected chi connectivity index (χ4v) is 5.89. The molecular weight excluding hydrogens is 540 g/mol. The number of amidine groups is 2. The molecule has 0 bridgehead atoms. The van der Waals surface area contributed by atoms with Crippen molar-refractivity contribution in [3.8, 4) is 0 Å². The summed E-state index contributed by atoms with van der Waals surface area (Å²) in [6, 6.07) is 53.7. The van der Waals surface area contributed by atoms with Crippen molar-refractivity contribution in [2.45, 2.75) is 6.17 Å². The molecule has 6 aromatic carbocycles. The second kappa shape index (κ2) is 11.0. The van der Waals surface area contributed by atoms with Gasteiger partial charge < -0.3 is 14.6 Å². The Bertz CT molecular complexity index is 2100. The van der Waals surface area contributed by atoms with Gasteiger partial charge in [-0.25, -0.2) is 9.98 Å². The van der Waals surface area contributed by atoms with Crippen LogP contribution in [0.1, 0.15) is 22.9 Å². The van der Waals surface area contributed by atoms with Crippen molar-refractivity contribution in [2.75, 3.05) is 4.90 Å². The summed E-state index contributed by atoms with van der Waals surface area (Å²) in [5.41, 5.74) is 7.68. The SMILES string of the molecule is c1ccc(C2=NC(c3cccc4oc5c(N(c6ccccc6)c6ccccc6)cccc5c34)=NC(c3ccccc3)N2)cc1. The van der Waals surface area contributed by atoms with Gasteiger partial charge in [-0.1, -0.05) is 121 Å². The summed E-state index contributed by atoms with van der Waals surface area (Å²) in [6.07, 6.45) is -0.283. The first-order chi connectivity index (χ1) is 21.8. The van der Waals surface area contributed by atoms with E-state index in [9.17, 15) is 0 Å². The molecule has 0 fully saturated rings. The first kappa shape index (κ1) is 25.7. The average molecular weight is 569 g/mol. The summed E-state index contributed by atoms with van der Waals surface area (Å²) in [6.45, 7) is 0. The zero-order valence-corrected chi connectivity index (χ0v) is 23.8. The van der Waals surface area contributed by atoms with E-state index in [4.69, 9.17) is 14.4 Å². The Hall–Kier alpha value is -5.94. The number of rotatable bonds is 6. The van der Waals surface area contributed by atoms with Gasteiger partial charge in [0.15, 0.2) is 11.4 Å². The molecule has 210 valence electrons. The van der Waals surface area contributed by atoms with E-state index >= 15 is 0 Å². The first-order valence-electron chi connectivity index (χ1n) is 14.7. The number of hydrogen-bond donors (Lipinski definition) is 1. The van der Waals surface area contributed by atoms with Crippen LogP contribution in [0.2, 0.25) is 0 Å². The number of aliphatic imine (C=N–C) groups is 2. The van der Waals surface area contributed by atoms with E-state index in [0.717, 1.165) is 61.5 Å². The van der Waals surface area contributed by atoms with E-state index in [1.54, 1.807) is 0 Å². The molecule has 0 radical (unpaired) electrons. The molecular formula is C39H28N4O. The number of anilines is 3. The maximum Gasteiger partial charge on any atom is 0.160 e. The smallest absolute Gasteiger partial charge is 0.160 e. The molecule has 1 aromatic heterocycles. The maximum atomic E-state index is 6.70. The third kappa shape index (κ3) is 4.61. The highest BCUT2D eigenvalue weighted by molar-refractivity contribution is 6.23. The van der Waals surface area contributed by atoms with E-state index in [-0.39, 0.29) is 6.17 Å². The summed E-state index contributed by atoms with van der Waals surface area (Å²) < 4.78 is 6.70. The lowest BCUT2D eigenvalue weighted by atomic mass is 10.0. The van der Waals surface area contributed by atoms with Gasteiger partial charge >= 0.3 is 0 Å². The van der Waals surface area contributed by atoms with Crippen molar-refractivity contribution < 1.29 is 4.42 Å². The second-order valence-corrected chi connectivity index (χ2v) is 10.7. The molecule has 0 amide bonds. The Kier molecular flexibility index (Phi) is 6.46. The van der Waals surface area contributed by atoms with Crippen LogP contribution in [0.5, 0.6) is 0 Å². The summed E-state index contributed by atoms with van der Waals surface area (Å²) in [5, 5.41) is 5.56. The number of benzene rings is 6. The average Bonchev–Trinajstić information content (AvgIpc) is 3.50. The molecule has 8 rings (SSSR count). The van der Waals surface area contributed by atoms with Crippen LogP contribution in [0.15, 0.2) is 172 Å². The quantitative estimate of drug-likeness (QED) is 0.217. The van der Waals surface area contributed by atoms with Crippen LogP contribution in [0.4, 0.5) is 17.1 Å². The minimum absolute atomic E-state index is 0.283. The fraction of sp³-hybridized carbons (Fsp3) is 0.0256. The van der Waals surface area contributed by atoms with Crippen LogP contribution in [-0.4, -0.2) is 11.7 Å². The molecule has 0 spiro atoms. The predicted molar refractivity (Wildman–Crippen MR) is 180 cm³/mol. The summed E-state index contributed by atoms with van der Waals surface area (Å²) in [7, 11) is 0. The summed E-state index contributed by atoms with van der Waals surface area (Å²) >= 11 is 0. The highest BCUT2D eigenvalue weighted by atomic mass is 16.3. The largest absolute Gasteiger partial charge is 0.454 e. The molecule has 0 aliphatic carbocycles. The van der Waals surface area contributed by atoms with Crippen molar-refractivity contribution in [1.29, 1.82) is 0 Å². The van der Waals surface area contributed by atoms with E-state index in [0.29, 0.717) is 5.84 Å². The molecule has 0 saturated heterocycles. The topological polar surface area (TPSA) is 53.1 Å². The lowest BCUT2D eigenvalue weighted by molar-refractivity contribution is 0.668. The standard InChI is InChI=1S/C39H28N4O/c1-5-15-27(16-6-1)37-40-38(28-17-7-2-8-18-28)42-39(41-37)32-24-14-26-34-35(32)31-23-13-25-33(36(31)44-34)43(29-19-9-3-10-20-29)30-21-11-4-12-22-30/h1-26,37H,(H,40,41,42). The Labute approximate surface area is 255 Å². The number of nitrogens with zero attached hydrogens (tertiary/aromatic N) is 3. The van der Waals surface area contributed by atoms with Crippen LogP contribution in [-0.2, 0) is 0 Å². The Morgan fingerprint density at radius 3 is 1.89 bits per heavy atom. The van der Waals surface area contributed by atoms with Gasteiger partial charge in [-0.05, 0) is 42.0 Å². The monoisotopic (exact) mass is 568 g/mol. The summed E-state index contributed by atoms with van der Waals surface area (Å²) in [5.74, 6) is 1.45. The lowest BCUT2D eigenvalue weighted by Crippen LogP contribution is -2.33. The van der Waals surface area contributed by atoms with Gasteiger partial charge in [-0.15, -0.1) is 0 Å². The minimum Gasteiger partial charge on any atom is -0.454 e. The van der Waals surface area contributed by atoms with Crippen molar-refractivity contribution >= 4 is 50.7 Å². The molecule has 2 heterocycles. The second-order valence-electron chi connectivity index (χ2n) is 10.7. The molecule has 1 unspecified atom stereocenters. The third-order valence-electron chi connectivity index (χ3n) is 7.92. The predicted octanol–water partition coefficient (Wildman–Crippen LogP) is 9.55. The number of fused-ring (bicyclic) bond motifs is 3. The van der Waals surface area contributed by atoms with Crippen molar-refractivity contribution in [2.24, 2.45) is 9.98 Å². The molecule has 1 N–H and O–H groups in total. The maximum absolute atomic E-state index is 6.70. The van der Waals surface area contributed by atoms with Gasteiger partial charge in [0.2, 0.25) is 0 Å². The van der Waals surface area contributed by atoms with Gasteiger partial charge in [-0.2, -0.15) is 0 Å². The van der Waals surface area contributed by atoms with Crippen molar-refractivity contribution in [3.63, 3.8) is 0 Å². The van der Waals surface area contributed by atoms with Gasteiger partial charge in [0.1, 0.15) is 17.6 Å². The molecule has 7 aromatic rings. The molecule has 0 saturated carbocycles. The minimum atomic E-state index is -0.283. The Morgan fingerprint density at radius 2 is 1.20 bits per heavy atom. The van der Waals surface area contributed by atoms with Crippen LogP contribution in [0, 0.1) is 0 Å². The zero-order valence-electron chi connectivity index (χ0n) is 23.8. The van der Waals surface area contributed by atoms with Gasteiger partial charge in [-0.3, -0.25) is 0 Å². The highest BCUT2D eigenvalue weighted by Crippen LogP contribution is 2.43. The normalized spacial score (nSPS) is 14.6. The van der Waals surface area contributed by atoms with Crippen LogP contribution in [0.25, 0.3) is 21.9 Å². The first-order valence-corrected chi connectivity index (χ1v) is 14.7. The zero-order chi connectivity index (χ0) is 29.3. The number of furan rings is 1. The van der Waals surface area contributed by atoms with Crippen LogP contribution >= 0.6 is 0 Å². The molecule has 44 heavy (non-hydrogen) atoms. The van der Waals surface area contributed by atoms with Crippen molar-refractivity contribution in [1.82, 2.24) is 5.32 Å². The van der Waals surface area contributed by atoms with E-state index in [2.05, 4.69) is 107 Å². The molecule has 5 heteroatoms.